The molecule has 1 fully saturated rings. The van der Waals surface area contributed by atoms with Gasteiger partial charge in [-0.3, -0.25) is 4.90 Å². The highest BCUT2D eigenvalue weighted by Gasteiger charge is 2.56. The largest absolute Gasteiger partial charge is 0.445 e. The summed E-state index contributed by atoms with van der Waals surface area (Å²) in [5, 5.41) is 0. The summed E-state index contributed by atoms with van der Waals surface area (Å²) >= 11 is 0. The Kier molecular flexibility index (Phi) is 11.0. The lowest BCUT2D eigenvalue weighted by molar-refractivity contribution is -0.0115. The van der Waals surface area contributed by atoms with E-state index in [1.165, 1.54) is 6.08 Å². The van der Waals surface area contributed by atoms with Crippen LogP contribution in [0.4, 0.5) is 9.59 Å². The summed E-state index contributed by atoms with van der Waals surface area (Å²) in [6.45, 7) is 18.7. The summed E-state index contributed by atoms with van der Waals surface area (Å²) in [5.74, 6) is 0. The molecule has 1 aliphatic rings. The molecule has 0 aromatic carbocycles. The van der Waals surface area contributed by atoms with Gasteiger partial charge in [-0.15, -0.1) is 0 Å². The molecule has 0 aromatic rings. The van der Waals surface area contributed by atoms with Gasteiger partial charge in [-0.1, -0.05) is 46.1 Å². The van der Waals surface area contributed by atoms with E-state index in [4.69, 9.17) is 18.3 Å². The lowest BCUT2D eigenvalue weighted by Gasteiger charge is -2.47. The molecule has 8 nitrogen and oxygen atoms in total. The molecule has 0 aliphatic carbocycles. The number of carbonyl (C=O) groups excluding carboxylic acids is 2. The smallest absolute Gasteiger partial charge is 0.410 e. The lowest BCUT2D eigenvalue weighted by atomic mass is 9.72. The molecule has 2 amide bonds. The van der Waals surface area contributed by atoms with Crippen molar-refractivity contribution in [2.24, 2.45) is 5.41 Å². The number of nitrogens with zero attached hydrogens (tertiary/aromatic N) is 2. The number of likely N-dealkylation sites (N-methyl/N-ethyl adjacent to an activating group) is 1. The van der Waals surface area contributed by atoms with Gasteiger partial charge in [0.05, 0.1) is 18.2 Å². The average Bonchev–Trinajstić information content (AvgIpc) is 3.10. The second-order valence-electron chi connectivity index (χ2n) is 9.06. The predicted molar refractivity (Wildman–Crippen MR) is 127 cm³/mol. The number of hydrogen-bond donors (Lipinski definition) is 0. The Morgan fingerprint density at radius 1 is 1.23 bits per heavy atom. The Morgan fingerprint density at radius 2 is 1.84 bits per heavy atom. The lowest BCUT2D eigenvalue weighted by Crippen LogP contribution is -2.59. The van der Waals surface area contributed by atoms with Crippen LogP contribution >= 0.6 is 0 Å². The summed E-state index contributed by atoms with van der Waals surface area (Å²) in [4.78, 5) is 28.7. The maximum atomic E-state index is 13.0. The van der Waals surface area contributed by atoms with E-state index in [0.29, 0.717) is 25.8 Å². The van der Waals surface area contributed by atoms with Crippen molar-refractivity contribution in [2.45, 2.75) is 51.9 Å². The predicted octanol–water partition coefficient (Wildman–Crippen LogP) is 2.48. The van der Waals surface area contributed by atoms with Gasteiger partial charge in [0, 0.05) is 19.8 Å². The van der Waals surface area contributed by atoms with Crippen LogP contribution in [-0.2, 0) is 18.3 Å². The molecule has 178 valence electrons. The molecular weight excluding hydrogens is 432 g/mol. The number of rotatable bonds is 11. The molecule has 0 bridgehead atoms. The summed E-state index contributed by atoms with van der Waals surface area (Å²) in [5.41, 5.74) is -0.950. The van der Waals surface area contributed by atoms with E-state index in [1.54, 1.807) is 22.9 Å². The van der Waals surface area contributed by atoms with Crippen molar-refractivity contribution in [3.8, 4) is 0 Å². The Hall–Kier alpha value is -1.63. The molecule has 0 aromatic heterocycles. The van der Waals surface area contributed by atoms with Crippen molar-refractivity contribution in [2.75, 3.05) is 39.6 Å². The third-order valence-electron chi connectivity index (χ3n) is 5.60. The fraction of sp³-hybridized carbons (Fsp3) is 0.714. The van der Waals surface area contributed by atoms with Crippen LogP contribution in [0.2, 0.25) is 13.1 Å². The minimum absolute atomic E-state index is 0.125. The summed E-state index contributed by atoms with van der Waals surface area (Å²) in [6, 6.07) is -0.225. The van der Waals surface area contributed by atoms with Gasteiger partial charge in [-0.05, 0) is 24.9 Å². The number of hydrogen-bond acceptors (Lipinski definition) is 6. The van der Waals surface area contributed by atoms with Gasteiger partial charge < -0.3 is 23.2 Å². The molecule has 2 atom stereocenters. The topological polar surface area (TPSA) is 77.5 Å². The van der Waals surface area contributed by atoms with Crippen LogP contribution in [0, 0.1) is 5.41 Å². The van der Waals surface area contributed by atoms with Crippen LogP contribution in [-0.4, -0.2) is 92.0 Å². The van der Waals surface area contributed by atoms with Gasteiger partial charge in [-0.25, -0.2) is 9.59 Å². The molecule has 0 N–H and O–H groups in total. The zero-order valence-electron chi connectivity index (χ0n) is 20.0. The van der Waals surface area contributed by atoms with Gasteiger partial charge >= 0.3 is 12.2 Å². The summed E-state index contributed by atoms with van der Waals surface area (Å²) < 4.78 is 22.5. The first kappa shape index (κ1) is 27.4. The van der Waals surface area contributed by atoms with Crippen molar-refractivity contribution in [3.05, 3.63) is 25.3 Å². The van der Waals surface area contributed by atoms with Crippen molar-refractivity contribution < 1.29 is 27.9 Å². The van der Waals surface area contributed by atoms with E-state index in [1.807, 2.05) is 0 Å². The third-order valence-corrected chi connectivity index (χ3v) is 7.87. The van der Waals surface area contributed by atoms with Gasteiger partial charge in [0.2, 0.25) is 0 Å². The van der Waals surface area contributed by atoms with Crippen LogP contribution in [0.3, 0.4) is 0 Å². The normalized spacial score (nSPS) is 21.5. The van der Waals surface area contributed by atoms with Crippen molar-refractivity contribution in [1.29, 1.82) is 0 Å². The van der Waals surface area contributed by atoms with Crippen molar-refractivity contribution in [1.82, 2.24) is 9.80 Å². The maximum Gasteiger partial charge on any atom is 0.410 e. The first-order valence-corrected chi connectivity index (χ1v) is 15.1. The minimum Gasteiger partial charge on any atom is -0.445 e. The molecule has 31 heavy (non-hydrogen) atoms. The molecular formula is C21H40N2O6Si2. The van der Waals surface area contributed by atoms with Gasteiger partial charge in [0.15, 0.2) is 18.8 Å². The first-order valence-electron chi connectivity index (χ1n) is 10.7. The quantitative estimate of drug-likeness (QED) is 0.261. The highest BCUT2D eigenvalue weighted by molar-refractivity contribution is 6.49. The minimum atomic E-state index is -1.08. The second-order valence-corrected chi connectivity index (χ2v) is 12.7. The highest BCUT2D eigenvalue weighted by atomic mass is 28.3. The molecule has 1 aliphatic heterocycles. The maximum absolute atomic E-state index is 13.0. The zero-order chi connectivity index (χ0) is 23.7. The van der Waals surface area contributed by atoms with E-state index in [2.05, 4.69) is 47.0 Å². The first-order chi connectivity index (χ1) is 14.5. The highest BCUT2D eigenvalue weighted by Crippen LogP contribution is 2.45. The van der Waals surface area contributed by atoms with Crippen LogP contribution in [0.5, 0.6) is 0 Å². The Labute approximate surface area is 191 Å². The van der Waals surface area contributed by atoms with E-state index < -0.39 is 36.5 Å². The average molecular weight is 473 g/mol. The van der Waals surface area contributed by atoms with Crippen molar-refractivity contribution >= 4 is 31.0 Å². The fourth-order valence-corrected chi connectivity index (χ4v) is 6.57. The molecule has 0 unspecified atom stereocenters. The fourth-order valence-electron chi connectivity index (χ4n) is 3.70. The Balaban J connectivity index is 3.10. The van der Waals surface area contributed by atoms with E-state index in [-0.39, 0.29) is 24.7 Å². The molecule has 0 spiro atoms. The summed E-state index contributed by atoms with van der Waals surface area (Å²) in [7, 11) is -0.274. The third kappa shape index (κ3) is 7.48. The number of amides is 2. The van der Waals surface area contributed by atoms with E-state index in [9.17, 15) is 9.59 Å². The molecule has 10 heteroatoms. The standard InChI is InChI=1S/C21H40N2O6Si2/c1-9-11-26-18(24)22(6)17-13-21(20(3,4)5,15-28-30-16-29-31(7)8)23(14-17)19(25)27-12-10-2/h9-10,17,31H,1-2,11-16,30H2,3-8H3/t17-,21+/m0/s1. The van der Waals surface area contributed by atoms with Crippen LogP contribution in [0.15, 0.2) is 25.3 Å². The summed E-state index contributed by atoms with van der Waals surface area (Å²) in [6.07, 6.45) is 3.43. The number of likely N-dealkylation sites (tertiary alicyclic amines) is 1. The molecule has 1 rings (SSSR count). The molecule has 0 radical (unpaired) electrons. The SMILES string of the molecule is C=CCOC(=O)N(C)[C@@H]1CN(C(=O)OCC=C)[C@](CO[SiH2]CO[SiH](C)C)(C(C)(C)C)C1. The second kappa shape index (κ2) is 12.4. The monoisotopic (exact) mass is 472 g/mol. The van der Waals surface area contributed by atoms with E-state index in [0.717, 1.165) is 0 Å². The Morgan fingerprint density at radius 3 is 2.39 bits per heavy atom. The molecule has 1 saturated heterocycles. The van der Waals surface area contributed by atoms with Gasteiger partial charge in [0.1, 0.15) is 13.2 Å². The van der Waals surface area contributed by atoms with Crippen LogP contribution in [0.1, 0.15) is 27.2 Å². The Bertz CT molecular complexity index is 625. The van der Waals surface area contributed by atoms with Crippen LogP contribution < -0.4 is 0 Å². The van der Waals surface area contributed by atoms with Crippen molar-refractivity contribution in [3.63, 3.8) is 0 Å². The van der Waals surface area contributed by atoms with E-state index >= 15 is 0 Å². The molecule has 1 heterocycles. The number of carbonyl (C=O) groups is 2. The molecule has 0 saturated carbocycles. The zero-order valence-corrected chi connectivity index (χ0v) is 22.6. The van der Waals surface area contributed by atoms with Gasteiger partial charge in [0.25, 0.3) is 0 Å². The number of ether oxygens (including phenoxy) is 2. The van der Waals surface area contributed by atoms with Crippen LogP contribution in [0.25, 0.3) is 0 Å². The van der Waals surface area contributed by atoms with Gasteiger partial charge in [-0.2, -0.15) is 0 Å².